The molecule has 1 aliphatic carbocycles. The van der Waals surface area contributed by atoms with E-state index in [0.29, 0.717) is 0 Å². The van der Waals surface area contributed by atoms with Gasteiger partial charge in [-0.3, -0.25) is 0 Å². The van der Waals surface area contributed by atoms with E-state index in [4.69, 9.17) is 0 Å². The number of rotatable bonds is 6. The van der Waals surface area contributed by atoms with Crippen LogP contribution in [0.3, 0.4) is 0 Å². The molecule has 2 aromatic carbocycles. The molecule has 21 heavy (non-hydrogen) atoms. The summed E-state index contributed by atoms with van der Waals surface area (Å²) in [5, 5.41) is 3.60. The van der Waals surface area contributed by atoms with Gasteiger partial charge in [0, 0.05) is 12.6 Å². The molecule has 0 saturated heterocycles. The van der Waals surface area contributed by atoms with Gasteiger partial charge in [-0.25, -0.2) is 0 Å². The largest absolute Gasteiger partial charge is 0.310 e. The summed E-state index contributed by atoms with van der Waals surface area (Å²) in [6.45, 7) is 5.44. The summed E-state index contributed by atoms with van der Waals surface area (Å²) in [5.74, 6) is 0. The highest BCUT2D eigenvalue weighted by Crippen LogP contribution is 2.26. The lowest BCUT2D eigenvalue weighted by atomic mass is 9.96. The minimum absolute atomic E-state index is 0.766. The lowest BCUT2D eigenvalue weighted by molar-refractivity contribution is 0.688. The van der Waals surface area contributed by atoms with Crippen LogP contribution < -0.4 is 5.32 Å². The van der Waals surface area contributed by atoms with Crippen LogP contribution in [0.5, 0.6) is 0 Å². The van der Waals surface area contributed by atoms with Gasteiger partial charge in [0.05, 0.1) is 0 Å². The smallest absolute Gasteiger partial charge is 0.0208 e. The molecule has 3 rings (SSSR count). The standard InChI is InChI=1S/C20H25N/c1-3-5-16-6-4-7-18(12-16)20-13-17(9-8-15(20)2)14-21-19-10-11-19/h4,6-9,12-13,19,21H,3,5,10-11,14H2,1-2H3. The van der Waals surface area contributed by atoms with Crippen LogP contribution >= 0.6 is 0 Å². The van der Waals surface area contributed by atoms with Gasteiger partial charge in [0.25, 0.3) is 0 Å². The van der Waals surface area contributed by atoms with Gasteiger partial charge in [-0.15, -0.1) is 0 Å². The van der Waals surface area contributed by atoms with Crippen molar-refractivity contribution in [1.29, 1.82) is 0 Å². The topological polar surface area (TPSA) is 12.0 Å². The molecule has 0 heterocycles. The summed E-state index contributed by atoms with van der Waals surface area (Å²) in [7, 11) is 0. The van der Waals surface area contributed by atoms with Gasteiger partial charge in [-0.05, 0) is 60.1 Å². The van der Waals surface area contributed by atoms with E-state index in [2.05, 4.69) is 61.6 Å². The number of hydrogen-bond donors (Lipinski definition) is 1. The van der Waals surface area contributed by atoms with Crippen molar-refractivity contribution in [3.63, 3.8) is 0 Å². The molecular weight excluding hydrogens is 254 g/mol. The Morgan fingerprint density at radius 1 is 1.05 bits per heavy atom. The minimum Gasteiger partial charge on any atom is -0.310 e. The Balaban J connectivity index is 1.85. The molecule has 0 unspecified atom stereocenters. The quantitative estimate of drug-likeness (QED) is 0.795. The second-order valence-electron chi connectivity index (χ2n) is 6.25. The molecule has 0 aromatic heterocycles. The normalized spacial score (nSPS) is 14.4. The zero-order chi connectivity index (χ0) is 14.7. The molecule has 0 radical (unpaired) electrons. The number of aryl methyl sites for hydroxylation is 2. The predicted octanol–water partition coefficient (Wildman–Crippen LogP) is 4.87. The van der Waals surface area contributed by atoms with E-state index in [9.17, 15) is 0 Å². The first-order valence-corrected chi connectivity index (χ1v) is 8.18. The molecule has 0 aliphatic heterocycles. The first-order valence-electron chi connectivity index (χ1n) is 8.18. The van der Waals surface area contributed by atoms with Gasteiger partial charge in [0.1, 0.15) is 0 Å². The number of nitrogens with one attached hydrogen (secondary N) is 1. The molecule has 1 nitrogen and oxygen atoms in total. The van der Waals surface area contributed by atoms with Crippen LogP contribution in [0, 0.1) is 6.92 Å². The fraction of sp³-hybridized carbons (Fsp3) is 0.400. The summed E-state index contributed by atoms with van der Waals surface area (Å²) >= 11 is 0. The lowest BCUT2D eigenvalue weighted by Gasteiger charge is -2.11. The molecule has 0 bridgehead atoms. The SMILES string of the molecule is CCCc1cccc(-c2cc(CNC3CC3)ccc2C)c1. The van der Waals surface area contributed by atoms with E-state index < -0.39 is 0 Å². The molecule has 0 atom stereocenters. The highest BCUT2D eigenvalue weighted by atomic mass is 14.9. The number of benzene rings is 2. The van der Waals surface area contributed by atoms with Crippen LogP contribution in [-0.2, 0) is 13.0 Å². The third kappa shape index (κ3) is 3.74. The number of hydrogen-bond acceptors (Lipinski definition) is 1. The van der Waals surface area contributed by atoms with Gasteiger partial charge in [-0.2, -0.15) is 0 Å². The van der Waals surface area contributed by atoms with E-state index in [0.717, 1.165) is 19.0 Å². The van der Waals surface area contributed by atoms with Crippen molar-refractivity contribution in [3.05, 3.63) is 59.2 Å². The van der Waals surface area contributed by atoms with Crippen molar-refractivity contribution >= 4 is 0 Å². The van der Waals surface area contributed by atoms with Crippen molar-refractivity contribution in [3.8, 4) is 11.1 Å². The molecule has 1 saturated carbocycles. The van der Waals surface area contributed by atoms with Gasteiger partial charge in [0.2, 0.25) is 0 Å². The average Bonchev–Trinajstić information content (AvgIpc) is 3.31. The van der Waals surface area contributed by atoms with Gasteiger partial charge < -0.3 is 5.32 Å². The Hall–Kier alpha value is -1.60. The van der Waals surface area contributed by atoms with Gasteiger partial charge in [-0.1, -0.05) is 49.7 Å². The Morgan fingerprint density at radius 3 is 2.67 bits per heavy atom. The molecule has 1 N–H and O–H groups in total. The van der Waals surface area contributed by atoms with Crippen molar-refractivity contribution in [2.75, 3.05) is 0 Å². The van der Waals surface area contributed by atoms with Crippen molar-refractivity contribution < 1.29 is 0 Å². The van der Waals surface area contributed by atoms with Gasteiger partial charge >= 0.3 is 0 Å². The molecule has 1 heteroatoms. The Labute approximate surface area is 128 Å². The molecule has 2 aromatic rings. The first-order chi connectivity index (χ1) is 10.3. The summed E-state index contributed by atoms with van der Waals surface area (Å²) in [6, 6.07) is 16.6. The second kappa shape index (κ2) is 6.44. The van der Waals surface area contributed by atoms with E-state index in [-0.39, 0.29) is 0 Å². The predicted molar refractivity (Wildman–Crippen MR) is 90.5 cm³/mol. The molecule has 1 aliphatic rings. The zero-order valence-corrected chi connectivity index (χ0v) is 13.2. The van der Waals surface area contributed by atoms with E-state index >= 15 is 0 Å². The van der Waals surface area contributed by atoms with Crippen molar-refractivity contribution in [2.24, 2.45) is 0 Å². The van der Waals surface area contributed by atoms with Gasteiger partial charge in [0.15, 0.2) is 0 Å². The monoisotopic (exact) mass is 279 g/mol. The lowest BCUT2D eigenvalue weighted by Crippen LogP contribution is -2.15. The molecule has 110 valence electrons. The summed E-state index contributed by atoms with van der Waals surface area (Å²) in [6.07, 6.45) is 5.05. The third-order valence-electron chi connectivity index (χ3n) is 4.25. The van der Waals surface area contributed by atoms with Crippen LogP contribution in [0.1, 0.15) is 42.9 Å². The van der Waals surface area contributed by atoms with Crippen molar-refractivity contribution in [2.45, 2.75) is 52.1 Å². The molecule has 0 spiro atoms. The summed E-state index contributed by atoms with van der Waals surface area (Å²) in [4.78, 5) is 0. The summed E-state index contributed by atoms with van der Waals surface area (Å²) in [5.41, 5.74) is 6.92. The van der Waals surface area contributed by atoms with Crippen LogP contribution in [0.2, 0.25) is 0 Å². The fourth-order valence-electron chi connectivity index (χ4n) is 2.82. The van der Waals surface area contributed by atoms with Crippen LogP contribution in [0.15, 0.2) is 42.5 Å². The average molecular weight is 279 g/mol. The highest BCUT2D eigenvalue weighted by Gasteiger charge is 2.20. The summed E-state index contributed by atoms with van der Waals surface area (Å²) < 4.78 is 0. The Bertz CT molecular complexity index is 611. The van der Waals surface area contributed by atoms with Crippen LogP contribution in [0.25, 0.3) is 11.1 Å². The second-order valence-corrected chi connectivity index (χ2v) is 6.25. The third-order valence-corrected chi connectivity index (χ3v) is 4.25. The zero-order valence-electron chi connectivity index (χ0n) is 13.2. The maximum absolute atomic E-state index is 3.60. The highest BCUT2D eigenvalue weighted by molar-refractivity contribution is 5.68. The Kier molecular flexibility index (Phi) is 4.40. The minimum atomic E-state index is 0.766. The Morgan fingerprint density at radius 2 is 1.90 bits per heavy atom. The van der Waals surface area contributed by atoms with E-state index in [1.54, 1.807) is 0 Å². The molecule has 0 amide bonds. The maximum atomic E-state index is 3.60. The fourth-order valence-corrected chi connectivity index (χ4v) is 2.82. The van der Waals surface area contributed by atoms with Crippen molar-refractivity contribution in [1.82, 2.24) is 5.32 Å². The first kappa shape index (κ1) is 14.3. The maximum Gasteiger partial charge on any atom is 0.0208 e. The van der Waals surface area contributed by atoms with E-state index in [1.165, 1.54) is 47.1 Å². The molecule has 1 fully saturated rings. The van der Waals surface area contributed by atoms with E-state index in [1.807, 2.05) is 0 Å². The van der Waals surface area contributed by atoms with Crippen LogP contribution in [0.4, 0.5) is 0 Å². The van der Waals surface area contributed by atoms with Crippen LogP contribution in [-0.4, -0.2) is 6.04 Å². The molecular formula is C20H25N.